The smallest absolute Gasteiger partial charge is 0.306 e. The minimum Gasteiger partial charge on any atom is -0.469 e. The highest BCUT2D eigenvalue weighted by molar-refractivity contribution is 5.69. The Kier molecular flexibility index (Phi) is 8.82. The first-order valence-corrected chi connectivity index (χ1v) is 7.82. The standard InChI is InChI=1S/C15H30N2O3/c1-4-16(5-2)10-11-17(9-8-15(18)19-3)13-14-7-6-12-20-14/h14H,4-13H2,1-3H3. The van der Waals surface area contributed by atoms with Gasteiger partial charge in [0.15, 0.2) is 0 Å². The van der Waals surface area contributed by atoms with E-state index >= 15 is 0 Å². The van der Waals surface area contributed by atoms with Gasteiger partial charge in [-0.15, -0.1) is 0 Å². The van der Waals surface area contributed by atoms with Gasteiger partial charge >= 0.3 is 5.97 Å². The Morgan fingerprint density at radius 2 is 1.90 bits per heavy atom. The topological polar surface area (TPSA) is 42.0 Å². The summed E-state index contributed by atoms with van der Waals surface area (Å²) in [5, 5.41) is 0. The van der Waals surface area contributed by atoms with Crippen molar-refractivity contribution in [1.29, 1.82) is 0 Å². The van der Waals surface area contributed by atoms with Crippen LogP contribution in [0.4, 0.5) is 0 Å². The molecule has 1 saturated heterocycles. The maximum absolute atomic E-state index is 11.3. The predicted molar refractivity (Wildman–Crippen MR) is 79.8 cm³/mol. The molecule has 5 heteroatoms. The van der Waals surface area contributed by atoms with Gasteiger partial charge in [-0.05, 0) is 25.9 Å². The number of rotatable bonds is 10. The lowest BCUT2D eigenvalue weighted by atomic mass is 10.2. The van der Waals surface area contributed by atoms with E-state index in [0.29, 0.717) is 12.5 Å². The zero-order valence-electron chi connectivity index (χ0n) is 13.3. The van der Waals surface area contributed by atoms with E-state index in [1.54, 1.807) is 0 Å². The third-order valence-corrected chi connectivity index (χ3v) is 3.97. The van der Waals surface area contributed by atoms with E-state index in [9.17, 15) is 4.79 Å². The molecular weight excluding hydrogens is 256 g/mol. The molecule has 0 aliphatic carbocycles. The van der Waals surface area contributed by atoms with Crippen molar-refractivity contribution in [2.75, 3.05) is 53.0 Å². The molecule has 0 amide bonds. The van der Waals surface area contributed by atoms with Crippen LogP contribution in [0.5, 0.6) is 0 Å². The molecule has 20 heavy (non-hydrogen) atoms. The molecule has 0 N–H and O–H groups in total. The summed E-state index contributed by atoms with van der Waals surface area (Å²) in [6.45, 7) is 11.1. The van der Waals surface area contributed by atoms with E-state index in [0.717, 1.165) is 58.7 Å². The first-order valence-electron chi connectivity index (χ1n) is 7.82. The molecule has 0 saturated carbocycles. The van der Waals surface area contributed by atoms with Crippen LogP contribution in [0.25, 0.3) is 0 Å². The Bertz CT molecular complexity index is 264. The summed E-state index contributed by atoms with van der Waals surface area (Å²) in [4.78, 5) is 16.1. The first kappa shape index (κ1) is 17.4. The summed E-state index contributed by atoms with van der Waals surface area (Å²) in [7, 11) is 1.45. The second kappa shape index (κ2) is 10.1. The summed E-state index contributed by atoms with van der Waals surface area (Å²) >= 11 is 0. The van der Waals surface area contributed by atoms with E-state index in [2.05, 4.69) is 23.6 Å². The lowest BCUT2D eigenvalue weighted by molar-refractivity contribution is -0.141. The summed E-state index contributed by atoms with van der Waals surface area (Å²) in [6, 6.07) is 0. The fourth-order valence-electron chi connectivity index (χ4n) is 2.54. The zero-order chi connectivity index (χ0) is 14.8. The van der Waals surface area contributed by atoms with Gasteiger partial charge in [0.05, 0.1) is 19.6 Å². The van der Waals surface area contributed by atoms with Crippen molar-refractivity contribution in [3.05, 3.63) is 0 Å². The summed E-state index contributed by atoms with van der Waals surface area (Å²) in [5.41, 5.74) is 0. The van der Waals surface area contributed by atoms with Crippen LogP contribution in [-0.2, 0) is 14.3 Å². The van der Waals surface area contributed by atoms with Crippen LogP contribution in [0.2, 0.25) is 0 Å². The van der Waals surface area contributed by atoms with Crippen molar-refractivity contribution < 1.29 is 14.3 Å². The average Bonchev–Trinajstić information content (AvgIpc) is 2.97. The summed E-state index contributed by atoms with van der Waals surface area (Å²) in [6.07, 6.45) is 3.09. The van der Waals surface area contributed by atoms with E-state index in [1.165, 1.54) is 7.11 Å². The molecule has 1 fully saturated rings. The van der Waals surface area contributed by atoms with Crippen LogP contribution < -0.4 is 0 Å². The number of carbonyl (C=O) groups is 1. The van der Waals surface area contributed by atoms with Crippen molar-refractivity contribution in [1.82, 2.24) is 9.80 Å². The van der Waals surface area contributed by atoms with Gasteiger partial charge in [-0.25, -0.2) is 0 Å². The number of hydrogen-bond acceptors (Lipinski definition) is 5. The average molecular weight is 286 g/mol. The molecule has 0 aromatic carbocycles. The van der Waals surface area contributed by atoms with Gasteiger partial charge in [0.1, 0.15) is 0 Å². The molecule has 0 spiro atoms. The van der Waals surface area contributed by atoms with Crippen LogP contribution in [0.3, 0.4) is 0 Å². The molecule has 1 rings (SSSR count). The normalized spacial score (nSPS) is 18.9. The maximum Gasteiger partial charge on any atom is 0.306 e. The van der Waals surface area contributed by atoms with E-state index in [-0.39, 0.29) is 5.97 Å². The number of hydrogen-bond donors (Lipinski definition) is 0. The molecule has 1 aliphatic rings. The van der Waals surface area contributed by atoms with E-state index in [1.807, 2.05) is 0 Å². The Morgan fingerprint density at radius 1 is 1.20 bits per heavy atom. The van der Waals surface area contributed by atoms with Gasteiger partial charge < -0.3 is 14.4 Å². The fraction of sp³-hybridized carbons (Fsp3) is 0.933. The highest BCUT2D eigenvalue weighted by Crippen LogP contribution is 2.13. The number of esters is 1. The number of nitrogens with zero attached hydrogens (tertiary/aromatic N) is 2. The molecule has 1 unspecified atom stereocenters. The number of likely N-dealkylation sites (N-methyl/N-ethyl adjacent to an activating group) is 1. The second-order valence-electron chi connectivity index (χ2n) is 5.29. The third-order valence-electron chi connectivity index (χ3n) is 3.97. The van der Waals surface area contributed by atoms with Gasteiger partial charge in [0.2, 0.25) is 0 Å². The lowest BCUT2D eigenvalue weighted by Gasteiger charge is -2.27. The highest BCUT2D eigenvalue weighted by Gasteiger charge is 2.20. The molecule has 0 aromatic heterocycles. The van der Waals surface area contributed by atoms with Crippen LogP contribution in [0.1, 0.15) is 33.1 Å². The third kappa shape index (κ3) is 6.68. The van der Waals surface area contributed by atoms with Crippen molar-refractivity contribution in [2.45, 2.75) is 39.2 Å². The lowest BCUT2D eigenvalue weighted by Crippen LogP contribution is -2.40. The molecule has 0 radical (unpaired) electrons. The number of ether oxygens (including phenoxy) is 2. The maximum atomic E-state index is 11.3. The summed E-state index contributed by atoms with van der Waals surface area (Å²) < 4.78 is 10.4. The van der Waals surface area contributed by atoms with E-state index < -0.39 is 0 Å². The number of carbonyl (C=O) groups excluding carboxylic acids is 1. The van der Waals surface area contributed by atoms with Crippen LogP contribution >= 0.6 is 0 Å². The molecule has 1 atom stereocenters. The van der Waals surface area contributed by atoms with Gasteiger partial charge in [-0.1, -0.05) is 13.8 Å². The Hall–Kier alpha value is -0.650. The Morgan fingerprint density at radius 3 is 2.45 bits per heavy atom. The molecule has 0 bridgehead atoms. The molecule has 118 valence electrons. The fourth-order valence-corrected chi connectivity index (χ4v) is 2.54. The van der Waals surface area contributed by atoms with Crippen molar-refractivity contribution in [3.63, 3.8) is 0 Å². The summed E-state index contributed by atoms with van der Waals surface area (Å²) in [5.74, 6) is -0.134. The van der Waals surface area contributed by atoms with Gasteiger partial charge in [0.25, 0.3) is 0 Å². The monoisotopic (exact) mass is 286 g/mol. The Balaban J connectivity index is 2.38. The molecule has 0 aromatic rings. The first-order chi connectivity index (χ1) is 9.69. The predicted octanol–water partition coefficient (Wildman–Crippen LogP) is 1.37. The zero-order valence-corrected chi connectivity index (χ0v) is 13.3. The Labute approximate surface area is 123 Å². The minimum atomic E-state index is -0.134. The molecule has 1 aliphatic heterocycles. The quantitative estimate of drug-likeness (QED) is 0.567. The van der Waals surface area contributed by atoms with E-state index in [4.69, 9.17) is 9.47 Å². The van der Waals surface area contributed by atoms with Gasteiger partial charge in [-0.3, -0.25) is 9.69 Å². The van der Waals surface area contributed by atoms with Gasteiger partial charge in [0, 0.05) is 32.8 Å². The SMILES string of the molecule is CCN(CC)CCN(CCC(=O)OC)CC1CCCO1. The van der Waals surface area contributed by atoms with Crippen molar-refractivity contribution in [3.8, 4) is 0 Å². The van der Waals surface area contributed by atoms with Crippen molar-refractivity contribution in [2.24, 2.45) is 0 Å². The second-order valence-corrected chi connectivity index (χ2v) is 5.29. The van der Waals surface area contributed by atoms with Gasteiger partial charge in [-0.2, -0.15) is 0 Å². The molecule has 5 nitrogen and oxygen atoms in total. The largest absolute Gasteiger partial charge is 0.469 e. The minimum absolute atomic E-state index is 0.134. The number of methoxy groups -OCH3 is 1. The van der Waals surface area contributed by atoms with Crippen LogP contribution in [0, 0.1) is 0 Å². The molecular formula is C15H30N2O3. The highest BCUT2D eigenvalue weighted by atomic mass is 16.5. The molecule has 1 heterocycles. The van der Waals surface area contributed by atoms with Crippen LogP contribution in [0.15, 0.2) is 0 Å². The van der Waals surface area contributed by atoms with Crippen molar-refractivity contribution >= 4 is 5.97 Å². The van der Waals surface area contributed by atoms with Crippen LogP contribution in [-0.4, -0.2) is 74.9 Å².